The van der Waals surface area contributed by atoms with Gasteiger partial charge in [0.2, 0.25) is 6.17 Å². The Bertz CT molecular complexity index is 525. The molecule has 1 N–H and O–H groups in total. The van der Waals surface area contributed by atoms with E-state index in [2.05, 4.69) is 0 Å². The molecule has 100 valence electrons. The number of carboxylic acid groups (broad SMARTS) is 1. The van der Waals surface area contributed by atoms with Gasteiger partial charge in [0.05, 0.1) is 17.7 Å². The first-order valence-electron chi connectivity index (χ1n) is 5.39. The minimum atomic E-state index is -2.77. The van der Waals surface area contributed by atoms with Gasteiger partial charge in [0.1, 0.15) is 0 Å². The summed E-state index contributed by atoms with van der Waals surface area (Å²) >= 11 is 0. The van der Waals surface area contributed by atoms with Gasteiger partial charge in [-0.25, -0.2) is 13.6 Å². The van der Waals surface area contributed by atoms with Crippen molar-refractivity contribution in [2.24, 2.45) is 0 Å². The van der Waals surface area contributed by atoms with E-state index in [1.165, 1.54) is 24.3 Å². The van der Waals surface area contributed by atoms with Crippen LogP contribution < -0.4 is 0 Å². The molecular formula is C12H9F2NO4. The third-order valence-corrected chi connectivity index (χ3v) is 2.79. The van der Waals surface area contributed by atoms with Crippen molar-refractivity contribution in [3.63, 3.8) is 0 Å². The molecule has 19 heavy (non-hydrogen) atoms. The maximum Gasteiger partial charge on any atom is 0.341 e. The molecule has 2 rings (SSSR count). The number of carbonyl (C=O) groups is 3. The molecule has 0 aromatic heterocycles. The molecule has 1 heterocycles. The van der Waals surface area contributed by atoms with E-state index < -0.39 is 36.7 Å². The molecule has 1 aromatic rings. The second-order valence-electron chi connectivity index (χ2n) is 4.02. The first-order valence-corrected chi connectivity index (χ1v) is 5.39. The van der Waals surface area contributed by atoms with E-state index >= 15 is 0 Å². The van der Waals surface area contributed by atoms with Crippen molar-refractivity contribution in [2.45, 2.75) is 12.3 Å². The van der Waals surface area contributed by atoms with Crippen molar-refractivity contribution in [1.82, 2.24) is 4.90 Å². The minimum Gasteiger partial charge on any atom is -0.479 e. The van der Waals surface area contributed by atoms with Crippen LogP contribution in [0.3, 0.4) is 0 Å². The zero-order chi connectivity index (χ0) is 14.2. The normalized spacial score (nSPS) is 17.3. The number of halogens is 2. The molecule has 7 heteroatoms. The maximum atomic E-state index is 13.4. The highest BCUT2D eigenvalue weighted by Crippen LogP contribution is 2.23. The van der Waals surface area contributed by atoms with Gasteiger partial charge in [-0.2, -0.15) is 0 Å². The molecule has 5 nitrogen and oxygen atoms in total. The Morgan fingerprint density at radius 1 is 1.16 bits per heavy atom. The van der Waals surface area contributed by atoms with Crippen molar-refractivity contribution in [3.05, 3.63) is 35.4 Å². The number of carboxylic acids is 1. The van der Waals surface area contributed by atoms with Gasteiger partial charge in [-0.15, -0.1) is 0 Å². The predicted molar refractivity (Wildman–Crippen MR) is 59.2 cm³/mol. The quantitative estimate of drug-likeness (QED) is 0.829. The number of alkyl halides is 2. The van der Waals surface area contributed by atoms with Crippen LogP contribution in [0.1, 0.15) is 20.7 Å². The second-order valence-corrected chi connectivity index (χ2v) is 4.02. The van der Waals surface area contributed by atoms with Crippen molar-refractivity contribution in [3.8, 4) is 0 Å². The average molecular weight is 269 g/mol. The van der Waals surface area contributed by atoms with E-state index in [4.69, 9.17) is 5.11 Å². The molecule has 0 radical (unpaired) electrons. The molecule has 0 aliphatic carbocycles. The third-order valence-electron chi connectivity index (χ3n) is 2.79. The summed E-state index contributed by atoms with van der Waals surface area (Å²) < 4.78 is 26.3. The van der Waals surface area contributed by atoms with Crippen molar-refractivity contribution < 1.29 is 28.3 Å². The van der Waals surface area contributed by atoms with Crippen LogP contribution in [0, 0.1) is 0 Å². The Morgan fingerprint density at radius 2 is 1.63 bits per heavy atom. The van der Waals surface area contributed by atoms with Crippen LogP contribution in [-0.2, 0) is 4.79 Å². The van der Waals surface area contributed by atoms with Crippen LogP contribution in [0.5, 0.6) is 0 Å². The monoisotopic (exact) mass is 269 g/mol. The predicted octanol–water partition coefficient (Wildman–Crippen LogP) is 1.04. The number of aliphatic carboxylic acids is 1. The third kappa shape index (κ3) is 2.18. The second kappa shape index (κ2) is 4.75. The van der Waals surface area contributed by atoms with Crippen molar-refractivity contribution in [2.75, 3.05) is 6.54 Å². The van der Waals surface area contributed by atoms with Crippen molar-refractivity contribution in [1.29, 1.82) is 0 Å². The number of amides is 2. The molecule has 0 bridgehead atoms. The largest absolute Gasteiger partial charge is 0.479 e. The maximum absolute atomic E-state index is 13.4. The lowest BCUT2D eigenvalue weighted by Gasteiger charge is -2.17. The molecule has 0 saturated heterocycles. The average Bonchev–Trinajstić information content (AvgIpc) is 2.63. The van der Waals surface area contributed by atoms with E-state index in [0.29, 0.717) is 4.90 Å². The summed E-state index contributed by atoms with van der Waals surface area (Å²) in [5, 5.41) is 8.33. The highest BCUT2D eigenvalue weighted by Gasteiger charge is 2.39. The van der Waals surface area contributed by atoms with Crippen LogP contribution >= 0.6 is 0 Å². The number of hydrogen-bond donors (Lipinski definition) is 1. The first kappa shape index (κ1) is 13.1. The lowest BCUT2D eigenvalue weighted by Crippen LogP contribution is -2.41. The van der Waals surface area contributed by atoms with E-state index in [0.717, 1.165) is 0 Å². The van der Waals surface area contributed by atoms with Crippen LogP contribution in [0.4, 0.5) is 8.78 Å². The van der Waals surface area contributed by atoms with Gasteiger partial charge < -0.3 is 5.11 Å². The molecule has 2 atom stereocenters. The summed E-state index contributed by atoms with van der Waals surface area (Å²) in [6, 6.07) is 5.87. The van der Waals surface area contributed by atoms with Gasteiger partial charge >= 0.3 is 5.97 Å². The molecule has 1 aliphatic heterocycles. The van der Waals surface area contributed by atoms with E-state index in [-0.39, 0.29) is 11.1 Å². The van der Waals surface area contributed by atoms with E-state index in [1.807, 2.05) is 0 Å². The van der Waals surface area contributed by atoms with Crippen LogP contribution in [0.2, 0.25) is 0 Å². The van der Waals surface area contributed by atoms with E-state index in [9.17, 15) is 23.2 Å². The van der Waals surface area contributed by atoms with E-state index in [1.54, 1.807) is 0 Å². The SMILES string of the molecule is O=C(O)[C@@H](F)[C@H](F)CN1C(=O)c2ccccc2C1=O. The fraction of sp³-hybridized carbons (Fsp3) is 0.250. The van der Waals surface area contributed by atoms with Gasteiger partial charge in [-0.05, 0) is 12.1 Å². The Balaban J connectivity index is 2.19. The smallest absolute Gasteiger partial charge is 0.341 e. The number of hydrogen-bond acceptors (Lipinski definition) is 3. The minimum absolute atomic E-state index is 0.102. The van der Waals surface area contributed by atoms with Crippen molar-refractivity contribution >= 4 is 17.8 Å². The fourth-order valence-corrected chi connectivity index (χ4v) is 1.83. The Labute approximate surface area is 106 Å². The van der Waals surface area contributed by atoms with Gasteiger partial charge in [0, 0.05) is 0 Å². The number of imide groups is 1. The van der Waals surface area contributed by atoms with Gasteiger partial charge in [0.25, 0.3) is 11.8 Å². The Kier molecular flexibility index (Phi) is 3.28. The zero-order valence-corrected chi connectivity index (χ0v) is 9.55. The van der Waals surface area contributed by atoms with Crippen LogP contribution in [0.25, 0.3) is 0 Å². The number of fused-ring (bicyclic) bond motifs is 1. The number of rotatable bonds is 4. The first-order chi connectivity index (χ1) is 8.93. The van der Waals surface area contributed by atoms with Gasteiger partial charge in [-0.1, -0.05) is 12.1 Å². The highest BCUT2D eigenvalue weighted by atomic mass is 19.2. The summed E-state index contributed by atoms with van der Waals surface area (Å²) in [4.78, 5) is 34.4. The lowest BCUT2D eigenvalue weighted by molar-refractivity contribution is -0.145. The van der Waals surface area contributed by atoms with Gasteiger partial charge in [-0.3, -0.25) is 14.5 Å². The summed E-state index contributed by atoms with van der Waals surface area (Å²) in [5.41, 5.74) is 0.205. The molecule has 2 amide bonds. The molecular weight excluding hydrogens is 260 g/mol. The van der Waals surface area contributed by atoms with Crippen LogP contribution in [-0.4, -0.2) is 46.7 Å². The molecule has 1 aliphatic rings. The summed E-state index contributed by atoms with van der Waals surface area (Å²) in [6.45, 7) is -0.917. The Morgan fingerprint density at radius 3 is 2.05 bits per heavy atom. The number of carbonyl (C=O) groups excluding carboxylic acids is 2. The zero-order valence-electron chi connectivity index (χ0n) is 9.55. The molecule has 1 aromatic carbocycles. The molecule has 0 fully saturated rings. The van der Waals surface area contributed by atoms with Crippen LogP contribution in [0.15, 0.2) is 24.3 Å². The Hall–Kier alpha value is -2.31. The summed E-state index contributed by atoms with van der Waals surface area (Å²) in [5.74, 6) is -3.47. The number of benzene rings is 1. The topological polar surface area (TPSA) is 74.7 Å². The molecule has 0 unspecified atom stereocenters. The standard InChI is InChI=1S/C12H9F2NO4/c13-8(9(14)12(18)19)5-15-10(16)6-3-1-2-4-7(6)11(15)17/h1-4,8-9H,5H2,(H,18,19)/t8-,9+/m1/s1. The lowest BCUT2D eigenvalue weighted by atomic mass is 10.1. The highest BCUT2D eigenvalue weighted by molar-refractivity contribution is 6.21. The fourth-order valence-electron chi connectivity index (χ4n) is 1.83. The number of nitrogens with zero attached hydrogens (tertiary/aromatic N) is 1. The molecule has 0 saturated carbocycles. The molecule has 0 spiro atoms. The summed E-state index contributed by atoms with van der Waals surface area (Å²) in [6.07, 6.45) is -5.23. The van der Waals surface area contributed by atoms with Gasteiger partial charge in [0.15, 0.2) is 6.17 Å². The summed E-state index contributed by atoms with van der Waals surface area (Å²) in [7, 11) is 0.